The van der Waals surface area contributed by atoms with Gasteiger partial charge in [-0.1, -0.05) is 6.07 Å². The van der Waals surface area contributed by atoms with Crippen molar-refractivity contribution in [3.8, 4) is 0 Å². The molecular weight excluding hydrogens is 302 g/mol. The standard InChI is InChI=1S/C16H21NO4S/c18-16(19)15-7-3-4-10-17(15)22(20,21)14-9-8-12-5-1-2-6-13(12)11-14/h8-9,11,15H,1-7,10H2,(H,18,19)/t15-/m0/s1. The van der Waals surface area contributed by atoms with Gasteiger partial charge in [0.25, 0.3) is 0 Å². The molecule has 6 heteroatoms. The summed E-state index contributed by atoms with van der Waals surface area (Å²) in [5.74, 6) is -1.05. The van der Waals surface area contributed by atoms with E-state index in [1.165, 1.54) is 9.87 Å². The molecular formula is C16H21NO4S. The van der Waals surface area contributed by atoms with Crippen molar-refractivity contribution in [1.29, 1.82) is 0 Å². The van der Waals surface area contributed by atoms with Gasteiger partial charge in [-0.2, -0.15) is 4.31 Å². The van der Waals surface area contributed by atoms with E-state index in [1.54, 1.807) is 12.1 Å². The van der Waals surface area contributed by atoms with E-state index in [1.807, 2.05) is 6.07 Å². The highest BCUT2D eigenvalue weighted by Crippen LogP contribution is 2.29. The number of carbonyl (C=O) groups is 1. The predicted molar refractivity (Wildman–Crippen MR) is 82.3 cm³/mol. The van der Waals surface area contributed by atoms with Crippen LogP contribution in [0.15, 0.2) is 23.1 Å². The lowest BCUT2D eigenvalue weighted by molar-refractivity contribution is -0.142. The first kappa shape index (κ1) is 15.5. The van der Waals surface area contributed by atoms with Gasteiger partial charge in [-0.15, -0.1) is 0 Å². The molecule has 3 rings (SSSR count). The average Bonchev–Trinajstić information content (AvgIpc) is 2.54. The van der Waals surface area contributed by atoms with Crippen LogP contribution in [0.5, 0.6) is 0 Å². The van der Waals surface area contributed by atoms with Crippen LogP contribution in [-0.4, -0.2) is 36.4 Å². The summed E-state index contributed by atoms with van der Waals surface area (Å²) >= 11 is 0. The summed E-state index contributed by atoms with van der Waals surface area (Å²) in [5, 5.41) is 9.30. The van der Waals surface area contributed by atoms with Crippen molar-refractivity contribution in [1.82, 2.24) is 4.31 Å². The Morgan fingerprint density at radius 3 is 2.55 bits per heavy atom. The number of aryl methyl sites for hydroxylation is 2. The summed E-state index contributed by atoms with van der Waals surface area (Å²) in [6.07, 6.45) is 5.99. The van der Waals surface area contributed by atoms with Gasteiger partial charge in [0.05, 0.1) is 4.90 Å². The smallest absolute Gasteiger partial charge is 0.322 e. The van der Waals surface area contributed by atoms with Crippen molar-refractivity contribution in [2.24, 2.45) is 0 Å². The molecule has 0 spiro atoms. The molecule has 1 aliphatic carbocycles. The zero-order valence-corrected chi connectivity index (χ0v) is 13.3. The molecule has 1 atom stereocenters. The molecule has 1 aliphatic heterocycles. The monoisotopic (exact) mass is 323 g/mol. The Labute approximate surface area is 131 Å². The van der Waals surface area contributed by atoms with Gasteiger partial charge in [0.2, 0.25) is 10.0 Å². The van der Waals surface area contributed by atoms with E-state index in [0.717, 1.165) is 37.7 Å². The Bertz CT molecular complexity index is 683. The molecule has 1 saturated heterocycles. The van der Waals surface area contributed by atoms with E-state index in [9.17, 15) is 18.3 Å². The molecule has 0 radical (unpaired) electrons. The SMILES string of the molecule is O=C(O)[C@@H]1CCCCN1S(=O)(=O)c1ccc2c(c1)CCCC2. The predicted octanol–water partition coefficient (Wildman–Crippen LogP) is 2.19. The first-order valence-corrected chi connectivity index (χ1v) is 9.30. The summed E-state index contributed by atoms with van der Waals surface area (Å²) in [6.45, 7) is 0.288. The molecule has 0 amide bonds. The second-order valence-electron chi connectivity index (χ2n) is 6.10. The third-order valence-electron chi connectivity index (χ3n) is 4.67. The van der Waals surface area contributed by atoms with Crippen LogP contribution in [0.25, 0.3) is 0 Å². The van der Waals surface area contributed by atoms with E-state index in [-0.39, 0.29) is 11.4 Å². The maximum absolute atomic E-state index is 12.9. The van der Waals surface area contributed by atoms with Gasteiger partial charge >= 0.3 is 5.97 Å². The Morgan fingerprint density at radius 2 is 1.82 bits per heavy atom. The molecule has 2 aliphatic rings. The molecule has 0 saturated carbocycles. The van der Waals surface area contributed by atoms with E-state index in [0.29, 0.717) is 12.8 Å². The first-order valence-electron chi connectivity index (χ1n) is 7.86. The van der Waals surface area contributed by atoms with Crippen LogP contribution in [0.1, 0.15) is 43.2 Å². The number of hydrogen-bond donors (Lipinski definition) is 1. The minimum absolute atomic E-state index is 0.237. The zero-order valence-electron chi connectivity index (χ0n) is 12.5. The fourth-order valence-electron chi connectivity index (χ4n) is 3.45. The van der Waals surface area contributed by atoms with Crippen molar-refractivity contribution in [3.63, 3.8) is 0 Å². The fraction of sp³-hybridized carbons (Fsp3) is 0.562. The number of hydrogen-bond acceptors (Lipinski definition) is 3. The quantitative estimate of drug-likeness (QED) is 0.925. The number of benzene rings is 1. The lowest BCUT2D eigenvalue weighted by atomic mass is 9.92. The largest absolute Gasteiger partial charge is 0.480 e. The summed E-state index contributed by atoms with van der Waals surface area (Å²) in [4.78, 5) is 11.6. The van der Waals surface area contributed by atoms with Crippen LogP contribution in [0.4, 0.5) is 0 Å². The van der Waals surface area contributed by atoms with Gasteiger partial charge in [-0.25, -0.2) is 8.42 Å². The third-order valence-corrected chi connectivity index (χ3v) is 6.57. The number of nitrogens with zero attached hydrogens (tertiary/aromatic N) is 1. The fourth-order valence-corrected chi connectivity index (χ4v) is 5.15. The van der Waals surface area contributed by atoms with Crippen molar-refractivity contribution in [2.75, 3.05) is 6.54 Å². The van der Waals surface area contributed by atoms with Gasteiger partial charge in [-0.05, 0) is 68.2 Å². The number of fused-ring (bicyclic) bond motifs is 1. The van der Waals surface area contributed by atoms with Gasteiger partial charge in [0.1, 0.15) is 6.04 Å². The molecule has 1 aromatic carbocycles. The summed E-state index contributed by atoms with van der Waals surface area (Å²) in [7, 11) is -3.74. The number of piperidine rings is 1. The first-order chi connectivity index (χ1) is 10.5. The summed E-state index contributed by atoms with van der Waals surface area (Å²) < 4.78 is 26.9. The Hall–Kier alpha value is -1.40. The molecule has 1 heterocycles. The minimum atomic E-state index is -3.74. The van der Waals surface area contributed by atoms with Crippen LogP contribution in [0.3, 0.4) is 0 Å². The second kappa shape index (κ2) is 6.01. The Morgan fingerprint density at radius 1 is 1.09 bits per heavy atom. The van der Waals surface area contributed by atoms with Crippen LogP contribution < -0.4 is 0 Å². The molecule has 1 fully saturated rings. The van der Waals surface area contributed by atoms with E-state index < -0.39 is 22.0 Å². The van der Waals surface area contributed by atoms with Crippen molar-refractivity contribution < 1.29 is 18.3 Å². The van der Waals surface area contributed by atoms with Crippen LogP contribution in [0, 0.1) is 0 Å². The lowest BCUT2D eigenvalue weighted by Gasteiger charge is -2.32. The molecule has 1 N–H and O–H groups in total. The molecule has 5 nitrogen and oxygen atoms in total. The second-order valence-corrected chi connectivity index (χ2v) is 7.99. The molecule has 0 aromatic heterocycles. The topological polar surface area (TPSA) is 74.7 Å². The molecule has 1 aromatic rings. The van der Waals surface area contributed by atoms with Gasteiger partial charge in [0.15, 0.2) is 0 Å². The van der Waals surface area contributed by atoms with Crippen LogP contribution in [-0.2, 0) is 27.7 Å². The summed E-state index contributed by atoms with van der Waals surface area (Å²) in [5.41, 5.74) is 2.31. The third kappa shape index (κ3) is 2.77. The highest BCUT2D eigenvalue weighted by atomic mass is 32.2. The average molecular weight is 323 g/mol. The van der Waals surface area contributed by atoms with Gasteiger partial charge in [0, 0.05) is 6.54 Å². The number of aliphatic carboxylic acids is 1. The normalized spacial score (nSPS) is 23.0. The molecule has 22 heavy (non-hydrogen) atoms. The van der Waals surface area contributed by atoms with Crippen LogP contribution in [0.2, 0.25) is 0 Å². The highest BCUT2D eigenvalue weighted by Gasteiger charge is 2.37. The Kier molecular flexibility index (Phi) is 4.23. The molecule has 0 unspecified atom stereocenters. The maximum Gasteiger partial charge on any atom is 0.322 e. The van der Waals surface area contributed by atoms with Crippen molar-refractivity contribution >= 4 is 16.0 Å². The number of sulfonamides is 1. The van der Waals surface area contributed by atoms with Crippen LogP contribution >= 0.6 is 0 Å². The minimum Gasteiger partial charge on any atom is -0.480 e. The summed E-state index contributed by atoms with van der Waals surface area (Å²) in [6, 6.07) is 4.33. The highest BCUT2D eigenvalue weighted by molar-refractivity contribution is 7.89. The van der Waals surface area contributed by atoms with E-state index >= 15 is 0 Å². The maximum atomic E-state index is 12.9. The van der Waals surface area contributed by atoms with E-state index in [2.05, 4.69) is 0 Å². The zero-order chi connectivity index (χ0) is 15.7. The molecule has 0 bridgehead atoms. The van der Waals surface area contributed by atoms with E-state index in [4.69, 9.17) is 0 Å². The van der Waals surface area contributed by atoms with Gasteiger partial charge < -0.3 is 5.11 Å². The number of carboxylic acid groups (broad SMARTS) is 1. The molecule has 120 valence electrons. The van der Waals surface area contributed by atoms with Gasteiger partial charge in [-0.3, -0.25) is 4.79 Å². The van der Waals surface area contributed by atoms with Crippen molar-refractivity contribution in [2.45, 2.75) is 55.9 Å². The Balaban J connectivity index is 1.96. The number of rotatable bonds is 3. The lowest BCUT2D eigenvalue weighted by Crippen LogP contribution is -2.47. The number of carboxylic acids is 1. The van der Waals surface area contributed by atoms with Crippen molar-refractivity contribution in [3.05, 3.63) is 29.3 Å².